The first kappa shape index (κ1) is 17.3. The van der Waals surface area contributed by atoms with E-state index in [9.17, 15) is 9.18 Å². The van der Waals surface area contributed by atoms with Crippen molar-refractivity contribution in [1.82, 2.24) is 20.2 Å². The number of rotatable bonds is 6. The smallest absolute Gasteiger partial charge is 0.251 e. The monoisotopic (exact) mass is 360 g/mol. The van der Waals surface area contributed by atoms with Crippen molar-refractivity contribution < 1.29 is 8.81 Å². The standard InChI is InChI=1S/C17H17FN4O2S/c1-3-4-13-9-14(23)20-17(19-13)25-10(2)15-21-22-16(24-15)11-5-7-12(18)8-6-11/h5-10H,3-4H2,1-2H3,(H,19,20,23)/t10-/m0/s1. The van der Waals surface area contributed by atoms with Crippen molar-refractivity contribution in [3.8, 4) is 11.5 Å². The normalized spacial score (nSPS) is 12.3. The van der Waals surface area contributed by atoms with Crippen molar-refractivity contribution in [2.24, 2.45) is 0 Å². The predicted molar refractivity (Wildman–Crippen MR) is 92.8 cm³/mol. The molecule has 0 amide bonds. The molecule has 0 aliphatic heterocycles. The van der Waals surface area contributed by atoms with E-state index in [1.807, 2.05) is 13.8 Å². The molecule has 130 valence electrons. The van der Waals surface area contributed by atoms with Crippen LogP contribution < -0.4 is 5.56 Å². The molecule has 0 aliphatic rings. The lowest BCUT2D eigenvalue weighted by atomic mass is 10.2. The second-order valence-corrected chi connectivity index (χ2v) is 6.83. The van der Waals surface area contributed by atoms with Gasteiger partial charge in [0, 0.05) is 17.3 Å². The van der Waals surface area contributed by atoms with E-state index in [1.165, 1.54) is 30.0 Å². The van der Waals surface area contributed by atoms with Gasteiger partial charge in [-0.15, -0.1) is 10.2 Å². The van der Waals surface area contributed by atoms with Crippen molar-refractivity contribution in [3.63, 3.8) is 0 Å². The van der Waals surface area contributed by atoms with Gasteiger partial charge in [-0.2, -0.15) is 0 Å². The number of hydrogen-bond acceptors (Lipinski definition) is 6. The van der Waals surface area contributed by atoms with Crippen LogP contribution in [-0.4, -0.2) is 20.2 Å². The van der Waals surface area contributed by atoms with Gasteiger partial charge in [-0.1, -0.05) is 25.1 Å². The van der Waals surface area contributed by atoms with Crippen LogP contribution in [0.2, 0.25) is 0 Å². The maximum Gasteiger partial charge on any atom is 0.251 e. The molecule has 3 rings (SSSR count). The molecule has 0 aliphatic carbocycles. The molecule has 0 saturated heterocycles. The number of hydrogen-bond donors (Lipinski definition) is 1. The number of aromatic amines is 1. The first-order valence-corrected chi connectivity index (χ1v) is 8.79. The maximum absolute atomic E-state index is 13.0. The Balaban J connectivity index is 1.77. The molecule has 0 unspecified atom stereocenters. The number of H-pyrrole nitrogens is 1. The molecule has 0 bridgehead atoms. The van der Waals surface area contributed by atoms with Crippen LogP contribution in [0.5, 0.6) is 0 Å². The highest BCUT2D eigenvalue weighted by molar-refractivity contribution is 7.99. The maximum atomic E-state index is 13.0. The summed E-state index contributed by atoms with van der Waals surface area (Å²) in [5.74, 6) is 0.408. The zero-order valence-corrected chi connectivity index (χ0v) is 14.6. The largest absolute Gasteiger partial charge is 0.419 e. The molecule has 3 aromatic rings. The second kappa shape index (κ2) is 7.60. The molecule has 0 saturated carbocycles. The van der Waals surface area contributed by atoms with E-state index in [0.717, 1.165) is 18.5 Å². The topological polar surface area (TPSA) is 84.7 Å². The first-order valence-electron chi connectivity index (χ1n) is 7.91. The summed E-state index contributed by atoms with van der Waals surface area (Å²) >= 11 is 1.34. The highest BCUT2D eigenvalue weighted by atomic mass is 32.2. The zero-order valence-electron chi connectivity index (χ0n) is 13.8. The van der Waals surface area contributed by atoms with Crippen LogP contribution in [0.15, 0.2) is 44.7 Å². The van der Waals surface area contributed by atoms with Gasteiger partial charge in [-0.05, 0) is 37.6 Å². The van der Waals surface area contributed by atoms with Gasteiger partial charge in [0.15, 0.2) is 5.16 Å². The van der Waals surface area contributed by atoms with E-state index >= 15 is 0 Å². The third kappa shape index (κ3) is 4.33. The van der Waals surface area contributed by atoms with Crippen LogP contribution in [0.4, 0.5) is 4.39 Å². The van der Waals surface area contributed by atoms with Crippen molar-refractivity contribution in [2.45, 2.75) is 37.1 Å². The van der Waals surface area contributed by atoms with Gasteiger partial charge in [-0.3, -0.25) is 4.79 Å². The Morgan fingerprint density at radius 2 is 2.04 bits per heavy atom. The molecule has 1 aromatic carbocycles. The highest BCUT2D eigenvalue weighted by Gasteiger charge is 2.18. The molecule has 6 nitrogen and oxygen atoms in total. The SMILES string of the molecule is CCCc1cc(=O)[nH]c(S[C@@H](C)c2nnc(-c3ccc(F)cc3)o2)n1. The minimum atomic E-state index is -0.325. The summed E-state index contributed by atoms with van der Waals surface area (Å²) in [5.41, 5.74) is 1.23. The number of nitrogens with one attached hydrogen (secondary N) is 1. The number of aryl methyl sites for hydroxylation is 1. The summed E-state index contributed by atoms with van der Waals surface area (Å²) < 4.78 is 18.7. The van der Waals surface area contributed by atoms with Crippen LogP contribution in [0.25, 0.3) is 11.5 Å². The van der Waals surface area contributed by atoms with E-state index in [4.69, 9.17) is 4.42 Å². The van der Waals surface area contributed by atoms with E-state index in [1.54, 1.807) is 12.1 Å². The lowest BCUT2D eigenvalue weighted by Crippen LogP contribution is -2.10. The van der Waals surface area contributed by atoms with Gasteiger partial charge in [0.2, 0.25) is 11.8 Å². The highest BCUT2D eigenvalue weighted by Crippen LogP contribution is 2.33. The summed E-state index contributed by atoms with van der Waals surface area (Å²) in [6.07, 6.45) is 1.67. The Kier molecular flexibility index (Phi) is 5.28. The number of benzene rings is 1. The van der Waals surface area contributed by atoms with Crippen molar-refractivity contribution >= 4 is 11.8 Å². The minimum Gasteiger partial charge on any atom is -0.419 e. The molecule has 25 heavy (non-hydrogen) atoms. The van der Waals surface area contributed by atoms with E-state index in [-0.39, 0.29) is 16.6 Å². The van der Waals surface area contributed by atoms with Crippen LogP contribution in [0.1, 0.15) is 37.1 Å². The molecule has 0 spiro atoms. The van der Waals surface area contributed by atoms with Crippen LogP contribution in [0.3, 0.4) is 0 Å². The van der Waals surface area contributed by atoms with Crippen molar-refractivity contribution in [3.05, 3.63) is 58.1 Å². The quantitative estimate of drug-likeness (QED) is 0.532. The fraction of sp³-hybridized carbons (Fsp3) is 0.294. The van der Waals surface area contributed by atoms with E-state index in [0.29, 0.717) is 22.5 Å². The Bertz CT molecular complexity index is 908. The zero-order chi connectivity index (χ0) is 17.8. The molecule has 0 fully saturated rings. The van der Waals surface area contributed by atoms with Crippen LogP contribution in [0, 0.1) is 5.82 Å². The van der Waals surface area contributed by atoms with Crippen LogP contribution in [-0.2, 0) is 6.42 Å². The lowest BCUT2D eigenvalue weighted by Gasteiger charge is -2.07. The molecule has 2 aromatic heterocycles. The van der Waals surface area contributed by atoms with Gasteiger partial charge < -0.3 is 9.40 Å². The summed E-state index contributed by atoms with van der Waals surface area (Å²) in [6, 6.07) is 7.35. The molecule has 2 heterocycles. The Morgan fingerprint density at radius 3 is 2.76 bits per heavy atom. The van der Waals surface area contributed by atoms with Gasteiger partial charge in [0.1, 0.15) is 5.82 Å². The Hall–Kier alpha value is -2.48. The van der Waals surface area contributed by atoms with Gasteiger partial charge in [0.05, 0.1) is 5.25 Å². The fourth-order valence-corrected chi connectivity index (χ4v) is 3.11. The fourth-order valence-electron chi connectivity index (χ4n) is 2.25. The van der Waals surface area contributed by atoms with E-state index < -0.39 is 0 Å². The Labute approximate surface area is 147 Å². The molecular formula is C17H17FN4O2S. The Morgan fingerprint density at radius 1 is 1.28 bits per heavy atom. The van der Waals surface area contributed by atoms with Gasteiger partial charge in [-0.25, -0.2) is 9.37 Å². The summed E-state index contributed by atoms with van der Waals surface area (Å²) in [5, 5.41) is 8.37. The molecule has 0 radical (unpaired) electrons. The molecule has 1 N–H and O–H groups in total. The average molecular weight is 360 g/mol. The summed E-state index contributed by atoms with van der Waals surface area (Å²) in [4.78, 5) is 18.9. The number of aromatic nitrogens is 4. The predicted octanol–water partition coefficient (Wildman–Crippen LogP) is 3.76. The second-order valence-electron chi connectivity index (χ2n) is 5.50. The van der Waals surface area contributed by atoms with Crippen molar-refractivity contribution in [2.75, 3.05) is 0 Å². The third-order valence-corrected chi connectivity index (χ3v) is 4.42. The van der Waals surface area contributed by atoms with E-state index in [2.05, 4.69) is 20.2 Å². The molecule has 1 atom stereocenters. The molecule has 8 heteroatoms. The van der Waals surface area contributed by atoms with Gasteiger partial charge in [0.25, 0.3) is 5.56 Å². The molecular weight excluding hydrogens is 343 g/mol. The third-order valence-electron chi connectivity index (χ3n) is 3.45. The van der Waals surface area contributed by atoms with Gasteiger partial charge >= 0.3 is 0 Å². The lowest BCUT2D eigenvalue weighted by molar-refractivity contribution is 0.508. The number of thioether (sulfide) groups is 1. The first-order chi connectivity index (χ1) is 12.0. The summed E-state index contributed by atoms with van der Waals surface area (Å²) in [7, 11) is 0. The number of nitrogens with zero attached hydrogens (tertiary/aromatic N) is 3. The minimum absolute atomic E-state index is 0.175. The average Bonchev–Trinajstić information content (AvgIpc) is 3.05. The number of halogens is 1. The van der Waals surface area contributed by atoms with Crippen molar-refractivity contribution in [1.29, 1.82) is 0 Å². The van der Waals surface area contributed by atoms with Crippen LogP contribution >= 0.6 is 11.8 Å². The summed E-state index contributed by atoms with van der Waals surface area (Å²) in [6.45, 7) is 3.92.